The number of ether oxygens (including phenoxy) is 2. The van der Waals surface area contributed by atoms with Crippen LogP contribution in [0, 0.1) is 6.92 Å². The third-order valence-corrected chi connectivity index (χ3v) is 3.93. The lowest BCUT2D eigenvalue weighted by molar-refractivity contribution is -0.0574. The van der Waals surface area contributed by atoms with Crippen LogP contribution in [0.2, 0.25) is 0 Å². The second kappa shape index (κ2) is 5.34. The van der Waals surface area contributed by atoms with E-state index in [1.807, 2.05) is 65.8 Å². The molecule has 0 bridgehead atoms. The molecule has 1 atom stereocenters. The predicted molar refractivity (Wildman–Crippen MR) is 82.0 cm³/mol. The van der Waals surface area contributed by atoms with E-state index in [0.29, 0.717) is 6.61 Å². The standard InChI is InChI=1S/C17H25NO3/c1-12-7-9-14(10-8-12)13(2)21-15(19)18-16(3,4)11-20-17(18,5)6/h7-10,13H,11H2,1-6H3/t13-/m1/s1. The van der Waals surface area contributed by atoms with Crippen molar-refractivity contribution in [3.05, 3.63) is 35.4 Å². The molecular formula is C17H25NO3. The first-order valence-corrected chi connectivity index (χ1v) is 7.35. The van der Waals surface area contributed by atoms with Crippen molar-refractivity contribution in [1.29, 1.82) is 0 Å². The SMILES string of the molecule is Cc1ccc([C@@H](C)OC(=O)N2C(C)(C)COC2(C)C)cc1. The molecule has 0 spiro atoms. The Bertz CT molecular complexity index is 503. The van der Waals surface area contributed by atoms with Crippen LogP contribution in [0.5, 0.6) is 0 Å². The minimum Gasteiger partial charge on any atom is -0.441 e. The van der Waals surface area contributed by atoms with E-state index in [1.165, 1.54) is 5.56 Å². The first-order valence-electron chi connectivity index (χ1n) is 7.35. The van der Waals surface area contributed by atoms with E-state index < -0.39 is 5.72 Å². The van der Waals surface area contributed by atoms with Gasteiger partial charge in [-0.25, -0.2) is 4.79 Å². The lowest BCUT2D eigenvalue weighted by Crippen LogP contribution is -2.53. The normalized spacial score (nSPS) is 21.1. The fraction of sp³-hybridized carbons (Fsp3) is 0.588. The Labute approximate surface area is 127 Å². The average molecular weight is 291 g/mol. The molecule has 116 valence electrons. The monoisotopic (exact) mass is 291 g/mol. The van der Waals surface area contributed by atoms with E-state index in [1.54, 1.807) is 4.90 Å². The summed E-state index contributed by atoms with van der Waals surface area (Å²) in [5, 5.41) is 0. The Balaban J connectivity index is 2.12. The predicted octanol–water partition coefficient (Wildman–Crippen LogP) is 4.04. The van der Waals surface area contributed by atoms with Crippen molar-refractivity contribution < 1.29 is 14.3 Å². The van der Waals surface area contributed by atoms with Crippen LogP contribution in [0.25, 0.3) is 0 Å². The molecule has 1 aromatic carbocycles. The van der Waals surface area contributed by atoms with E-state index in [-0.39, 0.29) is 17.7 Å². The number of hydrogen-bond donors (Lipinski definition) is 0. The van der Waals surface area contributed by atoms with Crippen molar-refractivity contribution in [2.45, 2.75) is 58.9 Å². The van der Waals surface area contributed by atoms with Crippen LogP contribution in [0.15, 0.2) is 24.3 Å². The third kappa shape index (κ3) is 3.21. The van der Waals surface area contributed by atoms with Gasteiger partial charge in [0.05, 0.1) is 12.1 Å². The second-order valence-electron chi connectivity index (χ2n) is 6.82. The molecule has 2 rings (SSSR count). The highest BCUT2D eigenvalue weighted by Crippen LogP contribution is 2.36. The molecule has 1 saturated heterocycles. The van der Waals surface area contributed by atoms with Gasteiger partial charge in [-0.2, -0.15) is 0 Å². The number of aryl methyl sites for hydroxylation is 1. The van der Waals surface area contributed by atoms with Crippen LogP contribution in [-0.2, 0) is 9.47 Å². The molecule has 21 heavy (non-hydrogen) atoms. The Kier molecular flexibility index (Phi) is 4.02. The smallest absolute Gasteiger partial charge is 0.413 e. The topological polar surface area (TPSA) is 38.8 Å². The molecule has 1 aromatic rings. The zero-order valence-electron chi connectivity index (χ0n) is 13.8. The fourth-order valence-corrected chi connectivity index (χ4v) is 2.79. The Morgan fingerprint density at radius 3 is 2.29 bits per heavy atom. The summed E-state index contributed by atoms with van der Waals surface area (Å²) in [5.41, 5.74) is 1.17. The van der Waals surface area contributed by atoms with Gasteiger partial charge in [-0.3, -0.25) is 4.90 Å². The van der Waals surface area contributed by atoms with Crippen molar-refractivity contribution in [3.8, 4) is 0 Å². The zero-order valence-corrected chi connectivity index (χ0v) is 13.8. The van der Waals surface area contributed by atoms with Crippen LogP contribution in [-0.4, -0.2) is 28.9 Å². The lowest BCUT2D eigenvalue weighted by Gasteiger charge is -2.37. The summed E-state index contributed by atoms with van der Waals surface area (Å²) in [6, 6.07) is 8.02. The summed E-state index contributed by atoms with van der Waals surface area (Å²) in [7, 11) is 0. The maximum atomic E-state index is 12.6. The van der Waals surface area contributed by atoms with Crippen molar-refractivity contribution in [2.24, 2.45) is 0 Å². The highest BCUT2D eigenvalue weighted by atomic mass is 16.6. The van der Waals surface area contributed by atoms with Crippen LogP contribution in [0.4, 0.5) is 4.79 Å². The van der Waals surface area contributed by atoms with E-state index in [4.69, 9.17) is 9.47 Å². The van der Waals surface area contributed by atoms with Crippen LogP contribution >= 0.6 is 0 Å². The second-order valence-corrected chi connectivity index (χ2v) is 6.82. The first-order chi connectivity index (χ1) is 9.63. The van der Waals surface area contributed by atoms with Gasteiger partial charge in [0.2, 0.25) is 0 Å². The van der Waals surface area contributed by atoms with Gasteiger partial charge < -0.3 is 9.47 Å². The molecule has 1 heterocycles. The molecule has 0 N–H and O–H groups in total. The molecule has 1 amide bonds. The van der Waals surface area contributed by atoms with Crippen molar-refractivity contribution >= 4 is 6.09 Å². The highest BCUT2D eigenvalue weighted by molar-refractivity contribution is 5.70. The third-order valence-electron chi connectivity index (χ3n) is 3.93. The first kappa shape index (κ1) is 15.8. The van der Waals surface area contributed by atoms with Gasteiger partial charge in [-0.05, 0) is 47.1 Å². The molecule has 0 aliphatic carbocycles. The molecule has 4 heteroatoms. The van der Waals surface area contributed by atoms with Gasteiger partial charge in [0.25, 0.3) is 0 Å². The molecule has 0 aromatic heterocycles. The summed E-state index contributed by atoms with van der Waals surface area (Å²) >= 11 is 0. The molecular weight excluding hydrogens is 266 g/mol. The highest BCUT2D eigenvalue weighted by Gasteiger charge is 2.49. The van der Waals surface area contributed by atoms with Gasteiger partial charge >= 0.3 is 6.09 Å². The number of amides is 1. The minimum atomic E-state index is -0.645. The summed E-state index contributed by atoms with van der Waals surface area (Å²) in [6.07, 6.45) is -0.624. The van der Waals surface area contributed by atoms with E-state index in [0.717, 1.165) is 5.56 Å². The van der Waals surface area contributed by atoms with Crippen LogP contribution in [0.1, 0.15) is 51.8 Å². The van der Waals surface area contributed by atoms with E-state index in [9.17, 15) is 4.79 Å². The summed E-state index contributed by atoms with van der Waals surface area (Å²) < 4.78 is 11.4. The van der Waals surface area contributed by atoms with E-state index >= 15 is 0 Å². The molecule has 1 aliphatic heterocycles. The summed E-state index contributed by atoms with van der Waals surface area (Å²) in [6.45, 7) is 12.2. The molecule has 1 fully saturated rings. The number of nitrogens with zero attached hydrogens (tertiary/aromatic N) is 1. The van der Waals surface area contributed by atoms with Gasteiger partial charge in [-0.15, -0.1) is 0 Å². The molecule has 0 radical (unpaired) electrons. The molecule has 1 aliphatic rings. The van der Waals surface area contributed by atoms with Crippen LogP contribution < -0.4 is 0 Å². The number of carbonyl (C=O) groups is 1. The van der Waals surface area contributed by atoms with Gasteiger partial charge in [0.1, 0.15) is 11.8 Å². The Morgan fingerprint density at radius 1 is 1.24 bits per heavy atom. The van der Waals surface area contributed by atoms with Gasteiger partial charge in [0.15, 0.2) is 0 Å². The van der Waals surface area contributed by atoms with Crippen molar-refractivity contribution in [3.63, 3.8) is 0 Å². The molecule has 0 saturated carbocycles. The number of hydrogen-bond acceptors (Lipinski definition) is 3. The Hall–Kier alpha value is -1.55. The minimum absolute atomic E-state index is 0.287. The molecule has 4 nitrogen and oxygen atoms in total. The number of rotatable bonds is 2. The van der Waals surface area contributed by atoms with Crippen molar-refractivity contribution in [2.75, 3.05) is 6.61 Å². The molecule has 0 unspecified atom stereocenters. The summed E-state index contributed by atoms with van der Waals surface area (Å²) in [4.78, 5) is 14.2. The number of carbonyl (C=O) groups excluding carboxylic acids is 1. The summed E-state index contributed by atoms with van der Waals surface area (Å²) in [5.74, 6) is 0. The van der Waals surface area contributed by atoms with Gasteiger partial charge in [-0.1, -0.05) is 29.8 Å². The zero-order chi connectivity index (χ0) is 15.8. The maximum absolute atomic E-state index is 12.6. The lowest BCUT2D eigenvalue weighted by atomic mass is 10.0. The fourth-order valence-electron chi connectivity index (χ4n) is 2.79. The van der Waals surface area contributed by atoms with E-state index in [2.05, 4.69) is 0 Å². The van der Waals surface area contributed by atoms with Crippen molar-refractivity contribution in [1.82, 2.24) is 4.90 Å². The van der Waals surface area contributed by atoms with Gasteiger partial charge in [0, 0.05) is 0 Å². The van der Waals surface area contributed by atoms with Crippen LogP contribution in [0.3, 0.4) is 0 Å². The number of benzene rings is 1. The largest absolute Gasteiger partial charge is 0.441 e. The quantitative estimate of drug-likeness (QED) is 0.825. The Morgan fingerprint density at radius 2 is 1.81 bits per heavy atom. The average Bonchev–Trinajstić information content (AvgIpc) is 2.59. The maximum Gasteiger partial charge on any atom is 0.413 e.